The van der Waals surface area contributed by atoms with Crippen LogP contribution in [0.4, 0.5) is 5.69 Å². The maximum atomic E-state index is 12.9. The SMILES string of the molecule is CC/C=C(/CCNC(=O)C1CC(=O)N(c2cccc3ccccc23)C1)c1ccccc1C. The van der Waals surface area contributed by atoms with Crippen LogP contribution < -0.4 is 10.2 Å². The average molecular weight is 427 g/mol. The van der Waals surface area contributed by atoms with E-state index in [9.17, 15) is 9.59 Å². The first kappa shape index (κ1) is 21.8. The van der Waals surface area contributed by atoms with E-state index in [0.717, 1.165) is 29.3 Å². The zero-order chi connectivity index (χ0) is 22.5. The van der Waals surface area contributed by atoms with Crippen LogP contribution in [0.1, 0.15) is 37.3 Å². The molecule has 4 rings (SSSR count). The number of allylic oxidation sites excluding steroid dienone is 1. The molecule has 1 aliphatic heterocycles. The van der Waals surface area contributed by atoms with E-state index in [2.05, 4.69) is 43.4 Å². The Bertz CT molecular complexity index is 1160. The third kappa shape index (κ3) is 4.59. The lowest BCUT2D eigenvalue weighted by Gasteiger charge is -2.19. The Morgan fingerprint density at radius 1 is 1.06 bits per heavy atom. The Hall–Kier alpha value is -3.40. The second-order valence-electron chi connectivity index (χ2n) is 8.40. The summed E-state index contributed by atoms with van der Waals surface area (Å²) in [6, 6.07) is 22.4. The molecule has 0 aliphatic carbocycles. The molecule has 0 aromatic heterocycles. The van der Waals surface area contributed by atoms with E-state index in [4.69, 9.17) is 0 Å². The zero-order valence-corrected chi connectivity index (χ0v) is 18.8. The molecule has 1 unspecified atom stereocenters. The molecule has 0 spiro atoms. The lowest BCUT2D eigenvalue weighted by atomic mass is 9.97. The van der Waals surface area contributed by atoms with Crippen molar-refractivity contribution in [3.63, 3.8) is 0 Å². The molecular weight excluding hydrogens is 396 g/mol. The number of aryl methyl sites for hydroxylation is 1. The summed E-state index contributed by atoms with van der Waals surface area (Å²) in [5.41, 5.74) is 4.62. The fourth-order valence-electron chi connectivity index (χ4n) is 4.55. The lowest BCUT2D eigenvalue weighted by Crippen LogP contribution is -2.33. The summed E-state index contributed by atoms with van der Waals surface area (Å²) in [5, 5.41) is 5.21. The highest BCUT2D eigenvalue weighted by Gasteiger charge is 2.35. The van der Waals surface area contributed by atoms with Crippen molar-refractivity contribution in [1.82, 2.24) is 5.32 Å². The largest absolute Gasteiger partial charge is 0.355 e. The number of nitrogens with one attached hydrogen (secondary N) is 1. The maximum absolute atomic E-state index is 12.9. The van der Waals surface area contributed by atoms with Crippen molar-refractivity contribution in [3.8, 4) is 0 Å². The highest BCUT2D eigenvalue weighted by atomic mass is 16.2. The molecule has 1 fully saturated rings. The third-order valence-electron chi connectivity index (χ3n) is 6.19. The first-order chi connectivity index (χ1) is 15.6. The molecule has 1 atom stereocenters. The van der Waals surface area contributed by atoms with Crippen LogP contribution in [0.25, 0.3) is 16.3 Å². The van der Waals surface area contributed by atoms with Crippen molar-refractivity contribution >= 4 is 33.8 Å². The van der Waals surface area contributed by atoms with Gasteiger partial charge in [-0.25, -0.2) is 0 Å². The monoisotopic (exact) mass is 426 g/mol. The topological polar surface area (TPSA) is 49.4 Å². The molecule has 1 saturated heterocycles. The summed E-state index contributed by atoms with van der Waals surface area (Å²) in [6.45, 7) is 5.23. The molecule has 0 saturated carbocycles. The fourth-order valence-corrected chi connectivity index (χ4v) is 4.55. The molecular formula is C28H30N2O2. The number of anilines is 1. The lowest BCUT2D eigenvalue weighted by molar-refractivity contribution is -0.126. The molecule has 1 aliphatic rings. The van der Waals surface area contributed by atoms with E-state index in [1.807, 2.05) is 48.5 Å². The van der Waals surface area contributed by atoms with Crippen LogP contribution >= 0.6 is 0 Å². The van der Waals surface area contributed by atoms with Gasteiger partial charge in [-0.3, -0.25) is 9.59 Å². The van der Waals surface area contributed by atoms with E-state index in [1.165, 1.54) is 16.7 Å². The van der Waals surface area contributed by atoms with Crippen molar-refractivity contribution in [1.29, 1.82) is 0 Å². The summed E-state index contributed by atoms with van der Waals surface area (Å²) in [5.74, 6) is -0.353. The molecule has 3 aromatic rings. The molecule has 1 heterocycles. The summed E-state index contributed by atoms with van der Waals surface area (Å²) in [7, 11) is 0. The zero-order valence-electron chi connectivity index (χ0n) is 18.8. The molecule has 32 heavy (non-hydrogen) atoms. The van der Waals surface area contributed by atoms with Gasteiger partial charge in [0.05, 0.1) is 11.6 Å². The maximum Gasteiger partial charge on any atom is 0.227 e. The van der Waals surface area contributed by atoms with E-state index < -0.39 is 0 Å². The van der Waals surface area contributed by atoms with Crippen molar-refractivity contribution in [2.45, 2.75) is 33.1 Å². The summed E-state index contributed by atoms with van der Waals surface area (Å²) in [6.07, 6.45) is 4.22. The molecule has 164 valence electrons. The predicted octanol–water partition coefficient (Wildman–Crippen LogP) is 5.50. The standard InChI is InChI=1S/C28H30N2O2/c1-3-9-21(24-13-6-4-10-20(24)2)16-17-29-28(32)23-18-27(31)30(19-23)26-15-8-12-22-11-5-7-14-25(22)26/h4-15,23H,3,16-19H2,1-2H3,(H,29,32)/b21-9-. The van der Waals surface area contributed by atoms with Crippen LogP contribution in [0.5, 0.6) is 0 Å². The Morgan fingerprint density at radius 2 is 1.81 bits per heavy atom. The van der Waals surface area contributed by atoms with E-state index in [0.29, 0.717) is 13.1 Å². The van der Waals surface area contributed by atoms with Crippen LogP contribution in [-0.4, -0.2) is 24.9 Å². The number of carbonyl (C=O) groups is 2. The van der Waals surface area contributed by atoms with Gasteiger partial charge >= 0.3 is 0 Å². The Morgan fingerprint density at radius 3 is 2.62 bits per heavy atom. The van der Waals surface area contributed by atoms with Gasteiger partial charge in [0, 0.05) is 24.9 Å². The van der Waals surface area contributed by atoms with Crippen LogP contribution in [0, 0.1) is 12.8 Å². The van der Waals surface area contributed by atoms with E-state index in [-0.39, 0.29) is 24.2 Å². The van der Waals surface area contributed by atoms with Crippen LogP contribution in [0.2, 0.25) is 0 Å². The van der Waals surface area contributed by atoms with Gasteiger partial charge in [-0.05, 0) is 47.9 Å². The molecule has 1 N–H and O–H groups in total. The highest BCUT2D eigenvalue weighted by Crippen LogP contribution is 2.31. The highest BCUT2D eigenvalue weighted by molar-refractivity contribution is 6.07. The molecule has 4 nitrogen and oxygen atoms in total. The molecule has 0 bridgehead atoms. The molecule has 2 amide bonds. The summed E-state index contributed by atoms with van der Waals surface area (Å²) in [4.78, 5) is 27.4. The van der Waals surface area contributed by atoms with E-state index in [1.54, 1.807) is 4.90 Å². The van der Waals surface area contributed by atoms with Gasteiger partial charge in [-0.15, -0.1) is 0 Å². The van der Waals surface area contributed by atoms with Crippen molar-refractivity contribution < 1.29 is 9.59 Å². The number of rotatable bonds is 7. The minimum absolute atomic E-state index is 0.00739. The number of benzene rings is 3. The second kappa shape index (κ2) is 9.82. The first-order valence-electron chi connectivity index (χ1n) is 11.4. The van der Waals surface area contributed by atoms with Crippen molar-refractivity contribution in [3.05, 3.63) is 83.9 Å². The minimum Gasteiger partial charge on any atom is -0.355 e. The van der Waals surface area contributed by atoms with Gasteiger partial charge in [-0.1, -0.05) is 73.7 Å². The van der Waals surface area contributed by atoms with E-state index >= 15 is 0 Å². The normalized spacial score (nSPS) is 16.6. The van der Waals surface area contributed by atoms with Crippen LogP contribution in [0.15, 0.2) is 72.8 Å². The smallest absolute Gasteiger partial charge is 0.227 e. The number of amides is 2. The Labute approximate surface area is 189 Å². The van der Waals surface area contributed by atoms with Gasteiger partial charge in [0.25, 0.3) is 0 Å². The number of nitrogens with zero attached hydrogens (tertiary/aromatic N) is 1. The van der Waals surface area contributed by atoms with Crippen LogP contribution in [-0.2, 0) is 9.59 Å². The molecule has 0 radical (unpaired) electrons. The number of hydrogen-bond acceptors (Lipinski definition) is 2. The van der Waals surface area contributed by atoms with Gasteiger partial charge in [-0.2, -0.15) is 0 Å². The molecule has 4 heteroatoms. The first-order valence-corrected chi connectivity index (χ1v) is 11.4. The fraction of sp³-hybridized carbons (Fsp3) is 0.286. The van der Waals surface area contributed by atoms with Gasteiger partial charge in [0.1, 0.15) is 0 Å². The number of carbonyl (C=O) groups excluding carboxylic acids is 2. The second-order valence-corrected chi connectivity index (χ2v) is 8.40. The minimum atomic E-state index is -0.321. The van der Waals surface area contributed by atoms with Gasteiger partial charge in [0.15, 0.2) is 0 Å². The summed E-state index contributed by atoms with van der Waals surface area (Å²) < 4.78 is 0. The van der Waals surface area contributed by atoms with Crippen molar-refractivity contribution in [2.75, 3.05) is 18.0 Å². The Balaban J connectivity index is 1.40. The molecule has 3 aromatic carbocycles. The number of fused-ring (bicyclic) bond motifs is 1. The quantitative estimate of drug-likeness (QED) is 0.542. The number of hydrogen-bond donors (Lipinski definition) is 1. The van der Waals surface area contributed by atoms with Gasteiger partial charge in [0.2, 0.25) is 11.8 Å². The average Bonchev–Trinajstić information content (AvgIpc) is 3.20. The summed E-state index contributed by atoms with van der Waals surface area (Å²) >= 11 is 0. The van der Waals surface area contributed by atoms with Gasteiger partial charge < -0.3 is 10.2 Å². The predicted molar refractivity (Wildman–Crippen MR) is 131 cm³/mol. The Kier molecular flexibility index (Phi) is 6.69. The van der Waals surface area contributed by atoms with Crippen molar-refractivity contribution in [2.24, 2.45) is 5.92 Å². The third-order valence-corrected chi connectivity index (χ3v) is 6.19. The van der Waals surface area contributed by atoms with Crippen LogP contribution in [0.3, 0.4) is 0 Å².